The van der Waals surface area contributed by atoms with Crippen LogP contribution in [0.1, 0.15) is 22.4 Å². The Labute approximate surface area is 146 Å². The van der Waals surface area contributed by atoms with Gasteiger partial charge in [0.05, 0.1) is 6.42 Å². The summed E-state index contributed by atoms with van der Waals surface area (Å²) in [5.41, 5.74) is 5.46. The molecule has 0 aliphatic rings. The van der Waals surface area contributed by atoms with Gasteiger partial charge in [0.15, 0.2) is 0 Å². The van der Waals surface area contributed by atoms with E-state index in [2.05, 4.69) is 27.8 Å². The molecule has 0 atom stereocenters. The van der Waals surface area contributed by atoms with E-state index in [9.17, 15) is 4.79 Å². The number of aromatic nitrogens is 1. The molecule has 0 saturated heterocycles. The molecule has 0 spiro atoms. The second kappa shape index (κ2) is 7.41. The molecule has 0 aliphatic carbocycles. The van der Waals surface area contributed by atoms with Crippen LogP contribution in [0.4, 0.5) is 0 Å². The van der Waals surface area contributed by atoms with Gasteiger partial charge in [-0.2, -0.15) is 0 Å². The summed E-state index contributed by atoms with van der Waals surface area (Å²) in [4.78, 5) is 16.6. The maximum absolute atomic E-state index is 12.1. The molecule has 3 nitrogen and oxygen atoms in total. The molecule has 0 saturated carbocycles. The summed E-state index contributed by atoms with van der Waals surface area (Å²) in [5, 5.41) is 6.06. The number of carbonyl (C=O) groups is 1. The largest absolute Gasteiger partial charge is 0.352 e. The van der Waals surface area contributed by atoms with Gasteiger partial charge in [-0.3, -0.25) is 4.79 Å². The highest BCUT2D eigenvalue weighted by atomic mass is 32.1. The topological polar surface area (TPSA) is 42.0 Å². The fourth-order valence-electron chi connectivity index (χ4n) is 2.52. The maximum atomic E-state index is 12.1. The van der Waals surface area contributed by atoms with Crippen LogP contribution in [-0.2, 0) is 17.8 Å². The minimum Gasteiger partial charge on any atom is -0.352 e. The van der Waals surface area contributed by atoms with Crippen molar-refractivity contribution in [3.63, 3.8) is 0 Å². The Kier molecular flexibility index (Phi) is 5.06. The molecule has 0 unspecified atom stereocenters. The van der Waals surface area contributed by atoms with Crippen LogP contribution in [0, 0.1) is 13.8 Å². The second-order valence-corrected chi connectivity index (χ2v) is 6.79. The lowest BCUT2D eigenvalue weighted by molar-refractivity contribution is -0.120. The molecule has 24 heavy (non-hydrogen) atoms. The van der Waals surface area contributed by atoms with E-state index in [0.29, 0.717) is 13.0 Å². The number of rotatable bonds is 5. The second-order valence-electron chi connectivity index (χ2n) is 5.93. The molecule has 0 fully saturated rings. The molecule has 1 heterocycles. The molecule has 3 rings (SSSR count). The number of amides is 1. The Balaban J connectivity index is 1.55. The normalized spacial score (nSPS) is 10.6. The first-order chi connectivity index (χ1) is 11.6. The lowest BCUT2D eigenvalue weighted by Crippen LogP contribution is -2.24. The molecule has 1 aromatic heterocycles. The fourth-order valence-corrected chi connectivity index (χ4v) is 3.33. The van der Waals surface area contributed by atoms with Crippen LogP contribution >= 0.6 is 11.3 Å². The van der Waals surface area contributed by atoms with Crippen LogP contribution < -0.4 is 5.32 Å². The van der Waals surface area contributed by atoms with Crippen LogP contribution in [0.25, 0.3) is 10.6 Å². The first kappa shape index (κ1) is 16.4. The zero-order chi connectivity index (χ0) is 16.9. The SMILES string of the molecule is Cc1cccc(CC(=O)NCc2ccc(-c3nc(C)cs3)cc2)c1. The van der Waals surface area contributed by atoms with Crippen LogP contribution in [0.5, 0.6) is 0 Å². The van der Waals surface area contributed by atoms with Gasteiger partial charge in [0.2, 0.25) is 5.91 Å². The summed E-state index contributed by atoms with van der Waals surface area (Å²) in [6.45, 7) is 4.58. The summed E-state index contributed by atoms with van der Waals surface area (Å²) in [6, 6.07) is 16.2. The number of benzene rings is 2. The molecule has 0 aliphatic heterocycles. The van der Waals surface area contributed by atoms with Gasteiger partial charge in [0.25, 0.3) is 0 Å². The maximum Gasteiger partial charge on any atom is 0.224 e. The van der Waals surface area contributed by atoms with E-state index in [4.69, 9.17) is 0 Å². The predicted octanol–water partition coefficient (Wildman–Crippen LogP) is 4.29. The van der Waals surface area contributed by atoms with Gasteiger partial charge in [-0.1, -0.05) is 54.1 Å². The van der Waals surface area contributed by atoms with Gasteiger partial charge in [-0.15, -0.1) is 11.3 Å². The number of hydrogen-bond donors (Lipinski definition) is 1. The van der Waals surface area contributed by atoms with Crippen molar-refractivity contribution in [2.45, 2.75) is 26.8 Å². The van der Waals surface area contributed by atoms with Gasteiger partial charge < -0.3 is 5.32 Å². The van der Waals surface area contributed by atoms with Crippen molar-refractivity contribution in [3.8, 4) is 10.6 Å². The lowest BCUT2D eigenvalue weighted by Gasteiger charge is -2.07. The molecular weight excluding hydrogens is 316 g/mol. The first-order valence-electron chi connectivity index (χ1n) is 7.94. The summed E-state index contributed by atoms with van der Waals surface area (Å²) in [5.74, 6) is 0.0419. The fraction of sp³-hybridized carbons (Fsp3) is 0.200. The van der Waals surface area contributed by atoms with Gasteiger partial charge in [-0.25, -0.2) is 4.98 Å². The van der Waals surface area contributed by atoms with Gasteiger partial charge >= 0.3 is 0 Å². The number of carbonyl (C=O) groups excluding carboxylic acids is 1. The number of thiazole rings is 1. The molecule has 3 aromatic rings. The highest BCUT2D eigenvalue weighted by Gasteiger charge is 2.05. The highest BCUT2D eigenvalue weighted by molar-refractivity contribution is 7.13. The molecule has 2 aromatic carbocycles. The number of nitrogens with zero attached hydrogens (tertiary/aromatic N) is 1. The average molecular weight is 336 g/mol. The zero-order valence-electron chi connectivity index (χ0n) is 13.9. The summed E-state index contributed by atoms with van der Waals surface area (Å²) in [6.07, 6.45) is 0.415. The van der Waals surface area contributed by atoms with Crippen molar-refractivity contribution < 1.29 is 4.79 Å². The number of nitrogens with one attached hydrogen (secondary N) is 1. The summed E-state index contributed by atoms with van der Waals surface area (Å²) in [7, 11) is 0. The van der Waals surface area contributed by atoms with Crippen molar-refractivity contribution in [2.24, 2.45) is 0 Å². The van der Waals surface area contributed by atoms with Gasteiger partial charge in [0, 0.05) is 23.2 Å². The monoisotopic (exact) mass is 336 g/mol. The van der Waals surface area contributed by atoms with E-state index in [1.165, 1.54) is 5.56 Å². The van der Waals surface area contributed by atoms with Crippen LogP contribution in [-0.4, -0.2) is 10.9 Å². The first-order valence-corrected chi connectivity index (χ1v) is 8.82. The van der Waals surface area contributed by atoms with Gasteiger partial charge in [0.1, 0.15) is 5.01 Å². The van der Waals surface area contributed by atoms with E-state index in [-0.39, 0.29) is 5.91 Å². The Bertz CT molecular complexity index is 837. The van der Waals surface area contributed by atoms with Crippen LogP contribution in [0.3, 0.4) is 0 Å². The van der Waals surface area contributed by atoms with Crippen molar-refractivity contribution in [1.29, 1.82) is 0 Å². The highest BCUT2D eigenvalue weighted by Crippen LogP contribution is 2.23. The van der Waals surface area contributed by atoms with Crippen molar-refractivity contribution >= 4 is 17.2 Å². The van der Waals surface area contributed by atoms with Crippen molar-refractivity contribution in [2.75, 3.05) is 0 Å². The molecule has 0 radical (unpaired) electrons. The molecule has 0 bridgehead atoms. The van der Waals surface area contributed by atoms with Crippen molar-refractivity contribution in [1.82, 2.24) is 10.3 Å². The third-order valence-corrected chi connectivity index (χ3v) is 4.77. The van der Waals surface area contributed by atoms with E-state index >= 15 is 0 Å². The lowest BCUT2D eigenvalue weighted by atomic mass is 10.1. The van der Waals surface area contributed by atoms with Crippen molar-refractivity contribution in [3.05, 3.63) is 76.3 Å². The average Bonchev–Trinajstić information content (AvgIpc) is 3.00. The smallest absolute Gasteiger partial charge is 0.224 e. The molecule has 1 amide bonds. The predicted molar refractivity (Wildman–Crippen MR) is 99.0 cm³/mol. The minimum absolute atomic E-state index is 0.0419. The standard InChI is InChI=1S/C20H20N2OS/c1-14-4-3-5-17(10-14)11-19(23)21-12-16-6-8-18(9-7-16)20-22-15(2)13-24-20/h3-10,13H,11-12H2,1-2H3,(H,21,23). The molecule has 1 N–H and O–H groups in total. The van der Waals surface area contributed by atoms with E-state index in [1.54, 1.807) is 11.3 Å². The van der Waals surface area contributed by atoms with E-state index in [0.717, 1.165) is 27.4 Å². The molecular formula is C20H20N2OS. The molecule has 122 valence electrons. The Morgan fingerprint density at radius 2 is 1.88 bits per heavy atom. The molecule has 4 heteroatoms. The summed E-state index contributed by atoms with van der Waals surface area (Å²) < 4.78 is 0. The third-order valence-electron chi connectivity index (χ3n) is 3.76. The van der Waals surface area contributed by atoms with Crippen LogP contribution in [0.2, 0.25) is 0 Å². The minimum atomic E-state index is 0.0419. The van der Waals surface area contributed by atoms with E-state index < -0.39 is 0 Å². The number of hydrogen-bond acceptors (Lipinski definition) is 3. The van der Waals surface area contributed by atoms with Gasteiger partial charge in [-0.05, 0) is 25.0 Å². The van der Waals surface area contributed by atoms with E-state index in [1.807, 2.05) is 50.2 Å². The Morgan fingerprint density at radius 3 is 2.54 bits per heavy atom. The Morgan fingerprint density at radius 1 is 1.08 bits per heavy atom. The number of aryl methyl sites for hydroxylation is 2. The zero-order valence-corrected chi connectivity index (χ0v) is 14.7. The summed E-state index contributed by atoms with van der Waals surface area (Å²) >= 11 is 1.65. The van der Waals surface area contributed by atoms with Crippen LogP contribution in [0.15, 0.2) is 53.9 Å². The third kappa shape index (κ3) is 4.30. The Hall–Kier alpha value is -2.46. The quantitative estimate of drug-likeness (QED) is 0.755.